The Morgan fingerprint density at radius 2 is 1.83 bits per heavy atom. The molecule has 1 aliphatic heterocycles. The minimum Gasteiger partial charge on any atom is -0.456 e. The number of urea groups is 1. The molecule has 8 nitrogen and oxygen atoms in total. The normalized spacial score (nSPS) is 17.0. The van der Waals surface area contributed by atoms with Crippen LogP contribution in [0.25, 0.3) is 20.7 Å². The first-order valence-electron chi connectivity index (χ1n) is 11.7. The van der Waals surface area contributed by atoms with Crippen LogP contribution in [-0.2, 0) is 4.79 Å². The molecular weight excluding hydrogens is 476 g/mol. The highest BCUT2D eigenvalue weighted by Crippen LogP contribution is 2.55. The molecule has 9 heteroatoms. The lowest BCUT2D eigenvalue weighted by Gasteiger charge is -2.15. The van der Waals surface area contributed by atoms with Gasteiger partial charge in [-0.25, -0.2) is 14.6 Å². The highest BCUT2D eigenvalue weighted by molar-refractivity contribution is 7.58. The van der Waals surface area contributed by atoms with Gasteiger partial charge in [0.2, 0.25) is 4.88 Å². The third kappa shape index (κ3) is 3.77. The zero-order valence-electron chi connectivity index (χ0n) is 19.5. The number of hydrogen-bond donors (Lipinski definition) is 3. The number of carbonyl (C=O) groups is 3. The van der Waals surface area contributed by atoms with Gasteiger partial charge in [-0.3, -0.25) is 4.79 Å². The van der Waals surface area contributed by atoms with E-state index in [2.05, 4.69) is 20.9 Å². The van der Waals surface area contributed by atoms with Crippen LogP contribution in [0.4, 0.5) is 21.0 Å². The van der Waals surface area contributed by atoms with Gasteiger partial charge in [-0.15, -0.1) is 0 Å². The van der Waals surface area contributed by atoms with Gasteiger partial charge in [0.25, 0.3) is 4.83 Å². The molecule has 0 saturated heterocycles. The fourth-order valence-electron chi connectivity index (χ4n) is 4.76. The van der Waals surface area contributed by atoms with Crippen molar-refractivity contribution in [3.63, 3.8) is 0 Å². The molecule has 1 aliphatic carbocycles. The number of ketones is 1. The number of amides is 3. The highest BCUT2D eigenvalue weighted by atomic mass is 32.2. The second-order valence-corrected chi connectivity index (χ2v) is 10.7. The first-order valence-corrected chi connectivity index (χ1v) is 12.9. The van der Waals surface area contributed by atoms with Crippen molar-refractivity contribution in [2.24, 2.45) is 0 Å². The summed E-state index contributed by atoms with van der Waals surface area (Å²) in [6.45, 7) is 1.97. The predicted octanol–water partition coefficient (Wildman–Crippen LogP) is 6.39. The summed E-state index contributed by atoms with van der Waals surface area (Å²) in [7, 11) is -1.16. The van der Waals surface area contributed by atoms with E-state index in [-0.39, 0.29) is 23.1 Å². The summed E-state index contributed by atoms with van der Waals surface area (Å²) in [4.78, 5) is 44.0. The van der Waals surface area contributed by atoms with Gasteiger partial charge in [-0.05, 0) is 43.2 Å². The van der Waals surface area contributed by atoms with Crippen molar-refractivity contribution in [3.05, 3.63) is 66.4 Å². The average Bonchev–Trinajstić information content (AvgIpc) is 3.42. The zero-order chi connectivity index (χ0) is 24.8. The Kier molecular flexibility index (Phi) is 5.41. The molecule has 3 N–H and O–H groups in total. The molecule has 0 spiro atoms. The van der Waals surface area contributed by atoms with E-state index >= 15 is 0 Å². The molecule has 0 radical (unpaired) electrons. The molecule has 3 amide bonds. The van der Waals surface area contributed by atoms with Crippen LogP contribution in [-0.4, -0.2) is 28.1 Å². The monoisotopic (exact) mass is 499 g/mol. The molecule has 3 heterocycles. The highest BCUT2D eigenvalue weighted by Gasteiger charge is 2.42. The number of nitrogens with one attached hydrogen (secondary N) is 3. The van der Waals surface area contributed by atoms with Crippen LogP contribution < -0.4 is 20.7 Å². The van der Waals surface area contributed by atoms with Gasteiger partial charge in [-0.2, -0.15) is 0 Å². The predicted molar refractivity (Wildman–Crippen MR) is 140 cm³/mol. The van der Waals surface area contributed by atoms with Gasteiger partial charge in [-0.1, -0.05) is 30.3 Å². The van der Waals surface area contributed by atoms with Gasteiger partial charge in [0, 0.05) is 25.1 Å². The van der Waals surface area contributed by atoms with E-state index in [4.69, 9.17) is 4.74 Å². The first-order chi connectivity index (χ1) is 17.5. The number of para-hydroxylation sites is 2. The van der Waals surface area contributed by atoms with Crippen LogP contribution in [0.1, 0.15) is 24.8 Å². The minimum atomic E-state index is -1.16. The summed E-state index contributed by atoms with van der Waals surface area (Å²) in [5.74, 6) is 1.42. The fourth-order valence-corrected chi connectivity index (χ4v) is 6.93. The summed E-state index contributed by atoms with van der Waals surface area (Å²) in [5, 5.41) is 9.28. The van der Waals surface area contributed by atoms with Crippen LogP contribution in [0.5, 0.6) is 11.5 Å². The van der Waals surface area contributed by atoms with Crippen LogP contribution in [0.2, 0.25) is 0 Å². The Bertz CT molecular complexity index is 1560. The Labute approximate surface area is 209 Å². The molecule has 2 aromatic heterocycles. The second-order valence-electron chi connectivity index (χ2n) is 8.90. The molecule has 1 saturated carbocycles. The number of rotatable bonds is 5. The first kappa shape index (κ1) is 22.2. The number of benzene rings is 2. The zero-order valence-corrected chi connectivity index (χ0v) is 20.3. The molecule has 6 rings (SSSR count). The molecule has 1 fully saturated rings. The summed E-state index contributed by atoms with van der Waals surface area (Å²) in [5.41, 5.74) is 2.83. The van der Waals surface area contributed by atoms with Crippen molar-refractivity contribution < 1.29 is 19.1 Å². The molecule has 36 heavy (non-hydrogen) atoms. The van der Waals surface area contributed by atoms with Crippen LogP contribution in [0.15, 0.2) is 60.8 Å². The Morgan fingerprint density at radius 3 is 2.61 bits per heavy atom. The Morgan fingerprint density at radius 1 is 1.06 bits per heavy atom. The SMILES string of the molecule is Cc1ccccc1Oc1ccccc1-c1c2c3c(ccnc3[s+]1C(=O)N[C@H]1CCC(=O)C1)NC(=O)N2. The number of nitrogens with zero attached hydrogens (tertiary/aromatic N) is 1. The van der Waals surface area contributed by atoms with Crippen molar-refractivity contribution >= 4 is 49.1 Å². The smallest absolute Gasteiger partial charge is 0.456 e. The van der Waals surface area contributed by atoms with Gasteiger partial charge in [0.15, 0.2) is 0 Å². The number of hydrogen-bond acceptors (Lipinski definition) is 5. The number of aryl methyl sites for hydroxylation is 1. The van der Waals surface area contributed by atoms with Crippen molar-refractivity contribution in [3.8, 4) is 21.9 Å². The largest absolute Gasteiger partial charge is 0.458 e. The molecule has 2 atom stereocenters. The summed E-state index contributed by atoms with van der Waals surface area (Å²) < 4.78 is 6.34. The molecule has 2 aliphatic rings. The van der Waals surface area contributed by atoms with Crippen LogP contribution >= 0.6 is 10.5 Å². The maximum atomic E-state index is 13.8. The molecule has 4 aromatic rings. The number of ether oxygens (including phenoxy) is 1. The lowest BCUT2D eigenvalue weighted by molar-refractivity contribution is -0.117. The Balaban J connectivity index is 1.55. The molecule has 2 aromatic carbocycles. The topological polar surface area (TPSA) is 109 Å². The molecule has 180 valence electrons. The van der Waals surface area contributed by atoms with Gasteiger partial charge >= 0.3 is 11.3 Å². The van der Waals surface area contributed by atoms with E-state index in [1.54, 1.807) is 12.3 Å². The number of carbonyl (C=O) groups excluding carboxylic acids is 3. The van der Waals surface area contributed by atoms with E-state index in [1.807, 2.05) is 55.5 Å². The molecular formula is C27H23N4O4S+. The van der Waals surface area contributed by atoms with Gasteiger partial charge < -0.3 is 20.7 Å². The summed E-state index contributed by atoms with van der Waals surface area (Å²) in [6, 6.07) is 16.3. The summed E-state index contributed by atoms with van der Waals surface area (Å²) >= 11 is 0. The third-order valence-corrected chi connectivity index (χ3v) is 8.49. The summed E-state index contributed by atoms with van der Waals surface area (Å²) in [6.07, 6.45) is 3.03. The quantitative estimate of drug-likeness (QED) is 0.276. The number of thiophene rings is 1. The van der Waals surface area contributed by atoms with Crippen molar-refractivity contribution in [1.29, 1.82) is 0 Å². The maximum absolute atomic E-state index is 13.8. The molecule has 0 bridgehead atoms. The minimum absolute atomic E-state index is 0.152. The van der Waals surface area contributed by atoms with Crippen molar-refractivity contribution in [2.45, 2.75) is 32.2 Å². The van der Waals surface area contributed by atoms with E-state index < -0.39 is 10.5 Å². The fraction of sp³-hybridized carbons (Fsp3) is 0.185. The standard InChI is InChI=1S/C27H22N4O4S/c1-15-6-2-4-8-20(15)35-21-9-5-3-7-18(21)24-23-22-19(30-26(33)31-23)12-13-28-25(22)36(24)27(34)29-16-10-11-17(32)14-16/h2-9,12-13,16H,10-11,14H2,1H3,(H2-,28,29,30,31,33,34)/p+1/t16-,36?/m0/s1. The van der Waals surface area contributed by atoms with Gasteiger partial charge in [0.1, 0.15) is 38.8 Å². The second kappa shape index (κ2) is 8.76. The van der Waals surface area contributed by atoms with Crippen LogP contribution in [0, 0.1) is 6.92 Å². The number of pyridine rings is 1. The Hall–Kier alpha value is -4.24. The van der Waals surface area contributed by atoms with Crippen molar-refractivity contribution in [1.82, 2.24) is 10.3 Å². The number of Topliss-reactive ketones (excluding diaryl/α,β-unsaturated/α-hetero) is 1. The third-order valence-electron chi connectivity index (χ3n) is 6.48. The van der Waals surface area contributed by atoms with E-state index in [0.717, 1.165) is 5.56 Å². The average molecular weight is 500 g/mol. The molecule has 1 unspecified atom stereocenters. The maximum Gasteiger partial charge on any atom is 0.458 e. The lowest BCUT2D eigenvalue weighted by Crippen LogP contribution is -2.30. The number of aromatic nitrogens is 1. The van der Waals surface area contributed by atoms with Gasteiger partial charge in [0.05, 0.1) is 11.3 Å². The van der Waals surface area contributed by atoms with Crippen LogP contribution in [0.3, 0.4) is 0 Å². The van der Waals surface area contributed by atoms with E-state index in [0.29, 0.717) is 62.8 Å². The van der Waals surface area contributed by atoms with E-state index in [9.17, 15) is 14.4 Å². The number of anilines is 2. The van der Waals surface area contributed by atoms with E-state index in [1.165, 1.54) is 0 Å². The van der Waals surface area contributed by atoms with Crippen molar-refractivity contribution in [2.75, 3.05) is 10.6 Å². The lowest BCUT2D eigenvalue weighted by atomic mass is 10.1.